The van der Waals surface area contributed by atoms with Crippen molar-refractivity contribution in [3.63, 3.8) is 0 Å². The zero-order valence-corrected chi connectivity index (χ0v) is 11.6. The van der Waals surface area contributed by atoms with Gasteiger partial charge in [0, 0.05) is 4.88 Å². The smallest absolute Gasteiger partial charge is 0.245 e. The van der Waals surface area contributed by atoms with Crippen molar-refractivity contribution in [3.8, 4) is 5.75 Å². The first kappa shape index (κ1) is 14.2. The van der Waals surface area contributed by atoms with Gasteiger partial charge in [0.15, 0.2) is 11.6 Å². The largest absolute Gasteiger partial charge is 0.494 e. The number of benzene rings is 1. The van der Waals surface area contributed by atoms with E-state index in [-0.39, 0.29) is 18.1 Å². The van der Waals surface area contributed by atoms with E-state index in [1.165, 1.54) is 36.8 Å². The maximum atomic E-state index is 13.4. The van der Waals surface area contributed by atoms with Crippen molar-refractivity contribution < 1.29 is 13.9 Å². The monoisotopic (exact) mass is 292 g/mol. The number of hydrogen-bond acceptors (Lipinski definition) is 4. The first-order chi connectivity index (χ1) is 9.69. The number of rotatable bonds is 5. The molecule has 1 amide bonds. The summed E-state index contributed by atoms with van der Waals surface area (Å²) in [5.41, 5.74) is 2.94. The second-order valence-corrected chi connectivity index (χ2v) is 4.98. The molecule has 0 aliphatic carbocycles. The number of methoxy groups -OCH3 is 1. The first-order valence-electron chi connectivity index (χ1n) is 5.87. The van der Waals surface area contributed by atoms with Gasteiger partial charge in [-0.25, -0.2) is 9.82 Å². The lowest BCUT2D eigenvalue weighted by molar-refractivity contribution is -0.120. The van der Waals surface area contributed by atoms with Crippen LogP contribution in [0.2, 0.25) is 0 Å². The Kier molecular flexibility index (Phi) is 4.84. The van der Waals surface area contributed by atoms with Crippen LogP contribution < -0.4 is 10.2 Å². The van der Waals surface area contributed by atoms with Crippen LogP contribution in [0, 0.1) is 5.82 Å². The Morgan fingerprint density at radius 2 is 2.35 bits per heavy atom. The second-order valence-electron chi connectivity index (χ2n) is 3.94. The molecule has 0 aliphatic heterocycles. The highest BCUT2D eigenvalue weighted by Crippen LogP contribution is 2.16. The van der Waals surface area contributed by atoms with Crippen LogP contribution in [0.4, 0.5) is 4.39 Å². The third-order valence-corrected chi connectivity index (χ3v) is 3.37. The number of thiophene rings is 1. The van der Waals surface area contributed by atoms with Crippen LogP contribution in [-0.4, -0.2) is 19.2 Å². The molecule has 0 radical (unpaired) electrons. The highest BCUT2D eigenvalue weighted by atomic mass is 32.1. The van der Waals surface area contributed by atoms with Crippen molar-refractivity contribution in [2.45, 2.75) is 6.42 Å². The van der Waals surface area contributed by atoms with Crippen molar-refractivity contribution in [1.82, 2.24) is 5.43 Å². The maximum absolute atomic E-state index is 13.4. The average Bonchev–Trinajstić information content (AvgIpc) is 2.92. The molecule has 2 rings (SSSR count). The standard InChI is InChI=1S/C14H13FN2O2S/c1-19-13-5-4-10(7-12(13)15)9-16-17-14(18)8-11-3-2-6-20-11/h2-7,9H,8H2,1H3,(H,17,18)/b16-9-. The third kappa shape index (κ3) is 3.89. The first-order valence-corrected chi connectivity index (χ1v) is 6.75. The summed E-state index contributed by atoms with van der Waals surface area (Å²) < 4.78 is 18.2. The van der Waals surface area contributed by atoms with E-state index in [2.05, 4.69) is 10.5 Å². The van der Waals surface area contributed by atoms with Crippen molar-refractivity contribution in [2.75, 3.05) is 7.11 Å². The van der Waals surface area contributed by atoms with Gasteiger partial charge in [0.25, 0.3) is 0 Å². The highest BCUT2D eigenvalue weighted by molar-refractivity contribution is 7.10. The van der Waals surface area contributed by atoms with Crippen molar-refractivity contribution in [1.29, 1.82) is 0 Å². The van der Waals surface area contributed by atoms with Gasteiger partial charge >= 0.3 is 0 Å². The Morgan fingerprint density at radius 1 is 1.50 bits per heavy atom. The molecular weight excluding hydrogens is 279 g/mol. The number of nitrogens with zero attached hydrogens (tertiary/aromatic N) is 1. The van der Waals surface area contributed by atoms with Crippen LogP contribution in [0.1, 0.15) is 10.4 Å². The molecule has 1 aromatic heterocycles. The van der Waals surface area contributed by atoms with E-state index in [4.69, 9.17) is 4.74 Å². The fourth-order valence-corrected chi connectivity index (χ4v) is 2.26. The minimum atomic E-state index is -0.471. The van der Waals surface area contributed by atoms with Gasteiger partial charge < -0.3 is 4.74 Å². The molecule has 0 bridgehead atoms. The molecule has 1 N–H and O–H groups in total. The van der Waals surface area contributed by atoms with E-state index in [0.717, 1.165) is 4.88 Å². The van der Waals surface area contributed by atoms with E-state index >= 15 is 0 Å². The molecule has 0 fully saturated rings. The predicted molar refractivity (Wildman–Crippen MR) is 76.7 cm³/mol. The molecule has 2 aromatic rings. The molecule has 0 aliphatic rings. The molecule has 1 aromatic carbocycles. The molecule has 1 heterocycles. The minimum Gasteiger partial charge on any atom is -0.494 e. The van der Waals surface area contributed by atoms with Crippen LogP contribution in [0.15, 0.2) is 40.8 Å². The second kappa shape index (κ2) is 6.81. The Bertz CT molecular complexity index is 612. The van der Waals surface area contributed by atoms with E-state index in [1.54, 1.807) is 6.07 Å². The quantitative estimate of drug-likeness (QED) is 0.680. The number of nitrogens with one attached hydrogen (secondary N) is 1. The van der Waals surface area contributed by atoms with Crippen molar-refractivity contribution >= 4 is 23.5 Å². The fraction of sp³-hybridized carbons (Fsp3) is 0.143. The average molecular weight is 292 g/mol. The molecule has 4 nitrogen and oxygen atoms in total. The van der Waals surface area contributed by atoms with Crippen LogP contribution >= 0.6 is 11.3 Å². The molecule has 0 spiro atoms. The molecule has 104 valence electrons. The topological polar surface area (TPSA) is 50.7 Å². The van der Waals surface area contributed by atoms with Gasteiger partial charge in [0.2, 0.25) is 5.91 Å². The zero-order chi connectivity index (χ0) is 14.4. The number of carbonyl (C=O) groups is 1. The SMILES string of the molecule is COc1ccc(/C=N\NC(=O)Cc2cccs2)cc1F. The summed E-state index contributed by atoms with van der Waals surface area (Å²) >= 11 is 1.51. The zero-order valence-electron chi connectivity index (χ0n) is 10.8. The van der Waals surface area contributed by atoms with Gasteiger partial charge in [-0.2, -0.15) is 5.10 Å². The lowest BCUT2D eigenvalue weighted by Crippen LogP contribution is -2.19. The predicted octanol–water partition coefficient (Wildman–Crippen LogP) is 2.59. The summed E-state index contributed by atoms with van der Waals surface area (Å²) in [6, 6.07) is 8.21. The fourth-order valence-electron chi connectivity index (χ4n) is 1.55. The Hall–Kier alpha value is -2.21. The maximum Gasteiger partial charge on any atom is 0.245 e. The van der Waals surface area contributed by atoms with Crippen molar-refractivity contribution in [2.24, 2.45) is 5.10 Å². The number of hydrazone groups is 1. The summed E-state index contributed by atoms with van der Waals surface area (Å²) in [6.45, 7) is 0. The van der Waals surface area contributed by atoms with E-state index in [9.17, 15) is 9.18 Å². The van der Waals surface area contributed by atoms with Gasteiger partial charge in [-0.1, -0.05) is 6.07 Å². The number of halogens is 1. The molecule has 0 atom stereocenters. The van der Waals surface area contributed by atoms with Gasteiger partial charge in [-0.15, -0.1) is 11.3 Å². The number of carbonyl (C=O) groups excluding carboxylic acids is 1. The third-order valence-electron chi connectivity index (χ3n) is 2.49. The highest BCUT2D eigenvalue weighted by Gasteiger charge is 2.03. The van der Waals surface area contributed by atoms with Crippen LogP contribution in [0.3, 0.4) is 0 Å². The van der Waals surface area contributed by atoms with Crippen molar-refractivity contribution in [3.05, 3.63) is 52.0 Å². The summed E-state index contributed by atoms with van der Waals surface area (Å²) in [5, 5.41) is 5.70. The molecule has 20 heavy (non-hydrogen) atoms. The number of ether oxygens (including phenoxy) is 1. The van der Waals surface area contributed by atoms with E-state index in [1.807, 2.05) is 17.5 Å². The summed E-state index contributed by atoms with van der Waals surface area (Å²) in [7, 11) is 1.40. The summed E-state index contributed by atoms with van der Waals surface area (Å²) in [6.07, 6.45) is 1.67. The lowest BCUT2D eigenvalue weighted by Gasteiger charge is -2.01. The lowest BCUT2D eigenvalue weighted by atomic mass is 10.2. The normalized spacial score (nSPS) is 10.7. The summed E-state index contributed by atoms with van der Waals surface area (Å²) in [5.74, 6) is -0.511. The summed E-state index contributed by atoms with van der Waals surface area (Å²) in [4.78, 5) is 12.5. The van der Waals surface area contributed by atoms with Gasteiger partial charge in [0.05, 0.1) is 19.7 Å². The van der Waals surface area contributed by atoms with Gasteiger partial charge in [-0.05, 0) is 35.2 Å². The Labute approximate surface area is 119 Å². The molecule has 0 saturated heterocycles. The van der Waals surface area contributed by atoms with Gasteiger partial charge in [-0.3, -0.25) is 4.79 Å². The van der Waals surface area contributed by atoms with Crippen LogP contribution in [0.25, 0.3) is 0 Å². The number of amides is 1. The van der Waals surface area contributed by atoms with E-state index < -0.39 is 5.82 Å². The molecule has 0 saturated carbocycles. The molecular formula is C14H13FN2O2S. The molecule has 6 heteroatoms. The Morgan fingerprint density at radius 3 is 3.00 bits per heavy atom. The Balaban J connectivity index is 1.89. The van der Waals surface area contributed by atoms with E-state index in [0.29, 0.717) is 5.56 Å². The van der Waals surface area contributed by atoms with Crippen LogP contribution in [0.5, 0.6) is 5.75 Å². The van der Waals surface area contributed by atoms with Crippen LogP contribution in [-0.2, 0) is 11.2 Å². The minimum absolute atomic E-state index is 0.170. The number of hydrogen-bond donors (Lipinski definition) is 1. The van der Waals surface area contributed by atoms with Gasteiger partial charge in [0.1, 0.15) is 0 Å². The molecule has 0 unspecified atom stereocenters.